The third-order valence-corrected chi connectivity index (χ3v) is 6.17. The van der Waals surface area contributed by atoms with Crippen molar-refractivity contribution in [1.82, 2.24) is 4.98 Å². The normalized spacial score (nSPS) is 10.9. The predicted octanol–water partition coefficient (Wildman–Crippen LogP) is 6.85. The van der Waals surface area contributed by atoms with Crippen LogP contribution in [0.2, 0.25) is 10.0 Å². The molecule has 0 spiro atoms. The Labute approximate surface area is 192 Å². The molecule has 0 aliphatic rings. The lowest BCUT2D eigenvalue weighted by Crippen LogP contribution is -2.10. The van der Waals surface area contributed by atoms with Gasteiger partial charge in [0.05, 0.1) is 20.3 Å². The van der Waals surface area contributed by atoms with Crippen molar-refractivity contribution >= 4 is 67.4 Å². The summed E-state index contributed by atoms with van der Waals surface area (Å²) in [4.78, 5) is 28.8. The molecule has 0 aliphatic heterocycles. The number of rotatable bonds is 6. The number of hydrogen-bond acceptors (Lipinski definition) is 5. The third kappa shape index (κ3) is 4.74. The summed E-state index contributed by atoms with van der Waals surface area (Å²) in [5, 5.41) is 6.91. The number of carbonyl (C=O) groups is 2. The van der Waals surface area contributed by atoms with E-state index in [9.17, 15) is 9.59 Å². The van der Waals surface area contributed by atoms with E-state index in [4.69, 9.17) is 27.6 Å². The summed E-state index contributed by atoms with van der Waals surface area (Å²) in [5.74, 6) is 0.124. The number of furan rings is 1. The highest BCUT2D eigenvalue weighted by atomic mass is 35.5. The molecule has 2 aromatic carbocycles. The molecule has 0 unspecified atom stereocenters. The summed E-state index contributed by atoms with van der Waals surface area (Å²) in [6.45, 7) is 1.94. The number of anilines is 2. The first-order valence-electron chi connectivity index (χ1n) is 9.50. The summed E-state index contributed by atoms with van der Waals surface area (Å²) in [7, 11) is 0. The quantitative estimate of drug-likeness (QED) is 0.320. The monoisotopic (exact) mass is 473 g/mol. The minimum atomic E-state index is -0.398. The third-order valence-electron chi connectivity index (χ3n) is 4.42. The molecule has 2 heterocycles. The van der Waals surface area contributed by atoms with Crippen molar-refractivity contribution in [3.05, 3.63) is 64.3 Å². The second-order valence-electron chi connectivity index (χ2n) is 6.72. The zero-order valence-electron chi connectivity index (χ0n) is 16.4. The van der Waals surface area contributed by atoms with Crippen LogP contribution >= 0.6 is 34.5 Å². The van der Waals surface area contributed by atoms with Gasteiger partial charge in [-0.15, -0.1) is 0 Å². The smallest absolute Gasteiger partial charge is 0.291 e. The fraction of sp³-hybridized carbons (Fsp3) is 0.136. The number of amides is 2. The summed E-state index contributed by atoms with van der Waals surface area (Å²) >= 11 is 13.6. The van der Waals surface area contributed by atoms with Gasteiger partial charge in [-0.25, -0.2) is 4.98 Å². The maximum atomic E-state index is 12.6. The summed E-state index contributed by atoms with van der Waals surface area (Å²) in [5.41, 5.74) is 1.94. The molecule has 0 atom stereocenters. The van der Waals surface area contributed by atoms with Crippen molar-refractivity contribution in [2.75, 3.05) is 10.6 Å². The van der Waals surface area contributed by atoms with E-state index in [-0.39, 0.29) is 11.7 Å². The van der Waals surface area contributed by atoms with Crippen LogP contribution in [-0.2, 0) is 4.79 Å². The molecular formula is C22H17Cl2N3O3S. The van der Waals surface area contributed by atoms with Gasteiger partial charge in [-0.2, -0.15) is 0 Å². The highest BCUT2D eigenvalue weighted by Crippen LogP contribution is 2.34. The first kappa shape index (κ1) is 21.4. The predicted molar refractivity (Wildman–Crippen MR) is 125 cm³/mol. The molecule has 0 aliphatic carbocycles. The minimum absolute atomic E-state index is 0.0662. The minimum Gasteiger partial charge on any atom is -0.451 e. The fourth-order valence-electron chi connectivity index (χ4n) is 2.96. The van der Waals surface area contributed by atoms with Gasteiger partial charge >= 0.3 is 0 Å². The summed E-state index contributed by atoms with van der Waals surface area (Å²) in [6.07, 6.45) is 1.22. The van der Waals surface area contributed by atoms with Crippen molar-refractivity contribution in [3.63, 3.8) is 0 Å². The van der Waals surface area contributed by atoms with Crippen LogP contribution in [0.5, 0.6) is 0 Å². The van der Waals surface area contributed by atoms with E-state index in [1.807, 2.05) is 6.92 Å². The number of hydrogen-bond donors (Lipinski definition) is 2. The topological polar surface area (TPSA) is 84.2 Å². The zero-order chi connectivity index (χ0) is 22.0. The van der Waals surface area contributed by atoms with Gasteiger partial charge in [0.2, 0.25) is 5.91 Å². The average Bonchev–Trinajstić information content (AvgIpc) is 3.37. The molecule has 158 valence electrons. The number of thiazole rings is 1. The van der Waals surface area contributed by atoms with Crippen molar-refractivity contribution in [2.45, 2.75) is 19.8 Å². The fourth-order valence-corrected chi connectivity index (χ4v) is 4.27. The number of nitrogens with zero attached hydrogens (tertiary/aromatic N) is 1. The Balaban J connectivity index is 1.50. The van der Waals surface area contributed by atoms with Crippen LogP contribution in [0.3, 0.4) is 0 Å². The largest absolute Gasteiger partial charge is 0.451 e. The molecule has 6 nitrogen and oxygen atoms in total. The molecule has 2 aromatic heterocycles. The Morgan fingerprint density at radius 3 is 2.74 bits per heavy atom. The van der Waals surface area contributed by atoms with Crippen molar-refractivity contribution in [1.29, 1.82) is 0 Å². The highest BCUT2D eigenvalue weighted by molar-refractivity contribution is 7.22. The Morgan fingerprint density at radius 1 is 1.10 bits per heavy atom. The van der Waals surface area contributed by atoms with Gasteiger partial charge in [0, 0.05) is 17.7 Å². The molecule has 2 amide bonds. The van der Waals surface area contributed by atoms with Gasteiger partial charge in [0.1, 0.15) is 5.76 Å². The second kappa shape index (κ2) is 9.09. The Morgan fingerprint density at radius 2 is 1.94 bits per heavy atom. The van der Waals surface area contributed by atoms with Gasteiger partial charge in [0.25, 0.3) is 5.91 Å². The van der Waals surface area contributed by atoms with E-state index in [0.29, 0.717) is 38.6 Å². The van der Waals surface area contributed by atoms with Crippen LogP contribution in [0.4, 0.5) is 10.8 Å². The molecule has 0 radical (unpaired) electrons. The number of halogens is 2. The number of nitrogens with one attached hydrogen (secondary N) is 2. The van der Waals surface area contributed by atoms with Crippen LogP contribution < -0.4 is 10.6 Å². The average molecular weight is 474 g/mol. The molecule has 2 N–H and O–H groups in total. The first-order valence-corrected chi connectivity index (χ1v) is 11.1. The van der Waals surface area contributed by atoms with Crippen LogP contribution in [0.25, 0.3) is 21.5 Å². The molecule has 0 bridgehead atoms. The molecule has 4 rings (SSSR count). The highest BCUT2D eigenvalue weighted by Gasteiger charge is 2.16. The second-order valence-corrected chi connectivity index (χ2v) is 8.53. The lowest BCUT2D eigenvalue weighted by atomic mass is 10.2. The molecule has 0 fully saturated rings. The molecule has 0 saturated heterocycles. The Kier molecular flexibility index (Phi) is 6.27. The lowest BCUT2D eigenvalue weighted by Gasteiger charge is -2.04. The van der Waals surface area contributed by atoms with Gasteiger partial charge < -0.3 is 15.1 Å². The van der Waals surface area contributed by atoms with Crippen LogP contribution in [0.1, 0.15) is 30.3 Å². The number of aromatic nitrogens is 1. The van der Waals surface area contributed by atoms with E-state index < -0.39 is 5.91 Å². The van der Waals surface area contributed by atoms with Gasteiger partial charge in [0.15, 0.2) is 10.9 Å². The van der Waals surface area contributed by atoms with Gasteiger partial charge in [-0.3, -0.25) is 9.59 Å². The standard InChI is InChI=1S/C22H17Cl2N3O3S/c1-2-4-19(28)27-22-26-15-8-7-12(11-18(15)31-22)25-21(29)17-10-9-16(30-17)13-5-3-6-14(23)20(13)24/h3,5-11H,2,4H2,1H3,(H,25,29)(H,26,27,28). The van der Waals surface area contributed by atoms with E-state index >= 15 is 0 Å². The number of benzene rings is 2. The van der Waals surface area contributed by atoms with Crippen molar-refractivity contribution in [3.8, 4) is 11.3 Å². The van der Waals surface area contributed by atoms with Crippen molar-refractivity contribution < 1.29 is 14.0 Å². The SMILES string of the molecule is CCCC(=O)Nc1nc2ccc(NC(=O)c3ccc(-c4cccc(Cl)c4Cl)o3)cc2s1. The van der Waals surface area contributed by atoms with Gasteiger partial charge in [-0.05, 0) is 48.9 Å². The maximum Gasteiger partial charge on any atom is 0.291 e. The van der Waals surface area contributed by atoms with Gasteiger partial charge in [-0.1, -0.05) is 47.5 Å². The molecular weight excluding hydrogens is 457 g/mol. The van der Waals surface area contributed by atoms with Crippen molar-refractivity contribution in [2.24, 2.45) is 0 Å². The van der Waals surface area contributed by atoms with Crippen LogP contribution in [0, 0.1) is 0 Å². The molecule has 9 heteroatoms. The Bertz CT molecular complexity index is 1280. The maximum absolute atomic E-state index is 12.6. The summed E-state index contributed by atoms with van der Waals surface area (Å²) < 4.78 is 6.53. The van der Waals surface area contributed by atoms with E-state index in [1.165, 1.54) is 11.3 Å². The lowest BCUT2D eigenvalue weighted by molar-refractivity contribution is -0.116. The number of fused-ring (bicyclic) bond motifs is 1. The molecule has 31 heavy (non-hydrogen) atoms. The molecule has 4 aromatic rings. The molecule has 0 saturated carbocycles. The van der Waals surface area contributed by atoms with Crippen LogP contribution in [-0.4, -0.2) is 16.8 Å². The van der Waals surface area contributed by atoms with E-state index in [1.54, 1.807) is 48.5 Å². The van der Waals surface area contributed by atoms with Crippen LogP contribution in [0.15, 0.2) is 52.9 Å². The van der Waals surface area contributed by atoms with E-state index in [0.717, 1.165) is 16.6 Å². The number of carbonyl (C=O) groups excluding carboxylic acids is 2. The summed E-state index contributed by atoms with van der Waals surface area (Å²) in [6, 6.07) is 13.8. The first-order chi connectivity index (χ1) is 14.9. The zero-order valence-corrected chi connectivity index (χ0v) is 18.7. The van der Waals surface area contributed by atoms with E-state index in [2.05, 4.69) is 15.6 Å². The Hall–Kier alpha value is -2.87.